The van der Waals surface area contributed by atoms with Crippen LogP contribution in [0, 0.1) is 13.8 Å². The first kappa shape index (κ1) is 23.1. The number of benzene rings is 2. The highest BCUT2D eigenvalue weighted by Crippen LogP contribution is 2.24. The molecule has 0 spiro atoms. The molecule has 2 N–H and O–H groups in total. The van der Waals surface area contributed by atoms with Gasteiger partial charge in [0, 0.05) is 11.4 Å². The highest BCUT2D eigenvalue weighted by Gasteiger charge is 2.20. The molecule has 0 saturated carbocycles. The van der Waals surface area contributed by atoms with Crippen LogP contribution in [0.4, 0.5) is 16.2 Å². The first-order valence-electron chi connectivity index (χ1n) is 10.6. The maximum absolute atomic E-state index is 12.4. The molecule has 2 amide bonds. The summed E-state index contributed by atoms with van der Waals surface area (Å²) >= 11 is 0. The summed E-state index contributed by atoms with van der Waals surface area (Å²) in [5, 5.41) is 10.1. The second-order valence-corrected chi connectivity index (χ2v) is 8.63. The van der Waals surface area contributed by atoms with Gasteiger partial charge in [0.15, 0.2) is 0 Å². The number of anilines is 2. The van der Waals surface area contributed by atoms with Gasteiger partial charge in [-0.3, -0.25) is 0 Å². The van der Waals surface area contributed by atoms with Gasteiger partial charge in [0.2, 0.25) is 0 Å². The zero-order valence-corrected chi connectivity index (χ0v) is 19.4. The van der Waals surface area contributed by atoms with Crippen molar-refractivity contribution in [2.75, 3.05) is 17.2 Å². The number of hydrogen-bond donors (Lipinski definition) is 2. The van der Waals surface area contributed by atoms with Crippen molar-refractivity contribution in [2.24, 2.45) is 0 Å². The summed E-state index contributed by atoms with van der Waals surface area (Å²) in [7, 11) is 0. The number of aromatic nitrogens is 2. The number of nitrogens with zero attached hydrogens (tertiary/aromatic N) is 2. The summed E-state index contributed by atoms with van der Waals surface area (Å²) in [6, 6.07) is 14.8. The maximum Gasteiger partial charge on any atom is 0.341 e. The predicted molar refractivity (Wildman–Crippen MR) is 127 cm³/mol. The van der Waals surface area contributed by atoms with Crippen LogP contribution in [0.2, 0.25) is 0 Å². The number of urea groups is 1. The van der Waals surface area contributed by atoms with Gasteiger partial charge in [-0.2, -0.15) is 5.10 Å². The zero-order chi connectivity index (χ0) is 23.5. The number of rotatable bonds is 5. The smallest absolute Gasteiger partial charge is 0.341 e. The van der Waals surface area contributed by atoms with E-state index in [1.807, 2.05) is 43.3 Å². The molecule has 32 heavy (non-hydrogen) atoms. The van der Waals surface area contributed by atoms with E-state index in [4.69, 9.17) is 4.74 Å². The third-order valence-corrected chi connectivity index (χ3v) is 5.15. The molecule has 0 atom stereocenters. The highest BCUT2D eigenvalue weighted by molar-refractivity contribution is 5.99. The number of carbonyl (C=O) groups excluding carboxylic acids is 2. The number of hydrogen-bond acceptors (Lipinski definition) is 4. The van der Waals surface area contributed by atoms with Crippen LogP contribution in [0.25, 0.3) is 5.69 Å². The third-order valence-electron chi connectivity index (χ3n) is 5.15. The summed E-state index contributed by atoms with van der Waals surface area (Å²) in [6.07, 6.45) is 0. The molecule has 0 bridgehead atoms. The van der Waals surface area contributed by atoms with E-state index in [0.29, 0.717) is 29.2 Å². The lowest BCUT2D eigenvalue weighted by Crippen LogP contribution is -2.19. The molecule has 168 valence electrons. The Morgan fingerprint density at radius 3 is 1.97 bits per heavy atom. The van der Waals surface area contributed by atoms with E-state index in [1.165, 1.54) is 5.56 Å². The van der Waals surface area contributed by atoms with Crippen LogP contribution in [-0.4, -0.2) is 28.4 Å². The molecule has 2 aromatic carbocycles. The van der Waals surface area contributed by atoms with Crippen molar-refractivity contribution in [3.63, 3.8) is 0 Å². The van der Waals surface area contributed by atoms with Crippen molar-refractivity contribution in [1.29, 1.82) is 0 Å². The average molecular weight is 435 g/mol. The number of carbonyl (C=O) groups is 2. The summed E-state index contributed by atoms with van der Waals surface area (Å²) in [5.41, 5.74) is 5.21. The maximum atomic E-state index is 12.4. The molecular weight excluding hydrogens is 404 g/mol. The quantitative estimate of drug-likeness (QED) is 0.511. The van der Waals surface area contributed by atoms with Crippen LogP contribution < -0.4 is 10.6 Å². The molecular formula is C25H30N4O3. The van der Waals surface area contributed by atoms with Gasteiger partial charge in [-0.25, -0.2) is 14.3 Å². The number of esters is 1. The van der Waals surface area contributed by atoms with Crippen LogP contribution in [0.3, 0.4) is 0 Å². The Balaban J connectivity index is 1.68. The Bertz CT molecular complexity index is 1110. The molecule has 0 saturated heterocycles. The fraction of sp³-hybridized carbons (Fsp3) is 0.320. The van der Waals surface area contributed by atoms with Gasteiger partial charge >= 0.3 is 12.0 Å². The molecule has 3 aromatic rings. The molecule has 7 nitrogen and oxygen atoms in total. The molecule has 1 aromatic heterocycles. The van der Waals surface area contributed by atoms with Gasteiger partial charge in [0.05, 0.1) is 23.7 Å². The Kier molecular flexibility index (Phi) is 6.67. The van der Waals surface area contributed by atoms with Crippen LogP contribution in [0.15, 0.2) is 48.5 Å². The minimum Gasteiger partial charge on any atom is -0.462 e. The van der Waals surface area contributed by atoms with E-state index >= 15 is 0 Å². The predicted octanol–water partition coefficient (Wildman–Crippen LogP) is 5.61. The second kappa shape index (κ2) is 9.26. The van der Waals surface area contributed by atoms with Gasteiger partial charge in [-0.15, -0.1) is 0 Å². The van der Waals surface area contributed by atoms with Crippen molar-refractivity contribution in [2.45, 2.75) is 47.0 Å². The Morgan fingerprint density at radius 2 is 1.47 bits per heavy atom. The fourth-order valence-electron chi connectivity index (χ4n) is 3.43. The molecule has 0 unspecified atom stereocenters. The summed E-state index contributed by atoms with van der Waals surface area (Å²) in [5.74, 6) is -0.376. The molecule has 7 heteroatoms. The summed E-state index contributed by atoms with van der Waals surface area (Å²) in [4.78, 5) is 24.6. The van der Waals surface area contributed by atoms with Crippen molar-refractivity contribution in [3.8, 4) is 5.69 Å². The topological polar surface area (TPSA) is 85.2 Å². The SMILES string of the molecule is CCOC(=O)c1c(C)nn(-c2ccc(NC(=O)Nc3ccc(C(C)(C)C)cc3)cc2)c1C. The largest absolute Gasteiger partial charge is 0.462 e. The number of ether oxygens (including phenoxy) is 1. The lowest BCUT2D eigenvalue weighted by molar-refractivity contribution is 0.0524. The van der Waals surface area contributed by atoms with Gasteiger partial charge in [-0.05, 0) is 68.1 Å². The van der Waals surface area contributed by atoms with Gasteiger partial charge in [0.1, 0.15) is 5.56 Å². The summed E-state index contributed by atoms with van der Waals surface area (Å²) in [6.45, 7) is 12.1. The van der Waals surface area contributed by atoms with Crippen molar-refractivity contribution < 1.29 is 14.3 Å². The lowest BCUT2D eigenvalue weighted by Gasteiger charge is -2.19. The van der Waals surface area contributed by atoms with Gasteiger partial charge in [0.25, 0.3) is 0 Å². The molecule has 0 aliphatic carbocycles. The monoisotopic (exact) mass is 434 g/mol. The first-order chi connectivity index (χ1) is 15.1. The van der Waals surface area contributed by atoms with Crippen LogP contribution in [-0.2, 0) is 10.2 Å². The van der Waals surface area contributed by atoms with Crippen molar-refractivity contribution in [1.82, 2.24) is 9.78 Å². The van der Waals surface area contributed by atoms with Crippen molar-refractivity contribution in [3.05, 3.63) is 71.0 Å². The molecule has 0 radical (unpaired) electrons. The van der Waals surface area contributed by atoms with Crippen molar-refractivity contribution >= 4 is 23.4 Å². The normalized spacial score (nSPS) is 11.2. The van der Waals surface area contributed by atoms with Gasteiger partial charge < -0.3 is 15.4 Å². The first-order valence-corrected chi connectivity index (χ1v) is 10.6. The van der Waals surface area contributed by atoms with E-state index in [-0.39, 0.29) is 17.4 Å². The molecule has 3 rings (SSSR count). The second-order valence-electron chi connectivity index (χ2n) is 8.63. The Morgan fingerprint density at radius 1 is 0.938 bits per heavy atom. The van der Waals surface area contributed by atoms with E-state index in [0.717, 1.165) is 11.4 Å². The number of aryl methyl sites for hydroxylation is 1. The number of nitrogens with one attached hydrogen (secondary N) is 2. The summed E-state index contributed by atoms with van der Waals surface area (Å²) < 4.78 is 6.82. The van der Waals surface area contributed by atoms with Gasteiger partial charge in [-0.1, -0.05) is 32.9 Å². The zero-order valence-electron chi connectivity index (χ0n) is 19.4. The minimum absolute atomic E-state index is 0.0606. The molecule has 0 aliphatic heterocycles. The molecule has 0 fully saturated rings. The Hall–Kier alpha value is -3.61. The van der Waals surface area contributed by atoms with E-state index in [9.17, 15) is 9.59 Å². The lowest BCUT2D eigenvalue weighted by atomic mass is 9.87. The Labute approximate surface area is 188 Å². The van der Waals surface area contributed by atoms with E-state index in [2.05, 4.69) is 36.5 Å². The molecule has 1 heterocycles. The van der Waals surface area contributed by atoms with Crippen LogP contribution >= 0.6 is 0 Å². The average Bonchev–Trinajstić information content (AvgIpc) is 3.02. The standard InChI is InChI=1S/C25H30N4O3/c1-7-32-23(30)22-16(2)28-29(17(22)3)21-14-12-20(13-15-21)27-24(31)26-19-10-8-18(9-11-19)25(4,5)6/h8-15H,7H2,1-6H3,(H2,26,27,31). The van der Waals surface area contributed by atoms with Crippen LogP contribution in [0.1, 0.15) is 55.0 Å². The highest BCUT2D eigenvalue weighted by atomic mass is 16.5. The number of amides is 2. The fourth-order valence-corrected chi connectivity index (χ4v) is 3.43. The molecule has 0 aliphatic rings. The van der Waals surface area contributed by atoms with E-state index < -0.39 is 0 Å². The van der Waals surface area contributed by atoms with E-state index in [1.54, 1.807) is 30.7 Å². The minimum atomic E-state index is -0.376. The third kappa shape index (κ3) is 5.17. The van der Waals surface area contributed by atoms with Crippen LogP contribution in [0.5, 0.6) is 0 Å².